The quantitative estimate of drug-likeness (QED) is 0.634. The maximum absolute atomic E-state index is 12.3. The summed E-state index contributed by atoms with van der Waals surface area (Å²) in [5.41, 5.74) is 1.55. The normalized spacial score (nSPS) is 11.0. The molecule has 0 aliphatic rings. The van der Waals surface area contributed by atoms with E-state index in [0.717, 1.165) is 16.3 Å². The van der Waals surface area contributed by atoms with E-state index in [4.69, 9.17) is 0 Å². The molecule has 0 spiro atoms. The molecule has 0 saturated carbocycles. The molecule has 0 atom stereocenters. The van der Waals surface area contributed by atoms with Crippen LogP contribution in [0.25, 0.3) is 10.8 Å². The zero-order valence-electron chi connectivity index (χ0n) is 12.7. The molecule has 0 fully saturated rings. The summed E-state index contributed by atoms with van der Waals surface area (Å²) in [5, 5.41) is 4.95. The van der Waals surface area contributed by atoms with Crippen molar-refractivity contribution in [2.24, 2.45) is 0 Å². The van der Waals surface area contributed by atoms with E-state index in [-0.39, 0.29) is 12.3 Å². The van der Waals surface area contributed by atoms with Crippen LogP contribution in [0.4, 0.5) is 14.5 Å². The summed E-state index contributed by atoms with van der Waals surface area (Å²) in [5.74, 6) is -2.59. The molecule has 0 radical (unpaired) electrons. The van der Waals surface area contributed by atoms with Crippen molar-refractivity contribution in [3.63, 3.8) is 0 Å². The Labute approximate surface area is 142 Å². The second-order valence-corrected chi connectivity index (χ2v) is 6.33. The number of amides is 1. The van der Waals surface area contributed by atoms with Crippen molar-refractivity contribution in [1.29, 1.82) is 0 Å². The number of hydrogen-bond acceptors (Lipinski definition) is 2. The monoisotopic (exact) mass is 343 g/mol. The number of carbonyl (C=O) groups is 1. The van der Waals surface area contributed by atoms with Crippen LogP contribution in [0.5, 0.6) is 0 Å². The number of nitrogens with one attached hydrogen (secondary N) is 1. The highest BCUT2D eigenvalue weighted by molar-refractivity contribution is 7.99. The van der Waals surface area contributed by atoms with Crippen LogP contribution in [0, 0.1) is 0 Å². The van der Waals surface area contributed by atoms with Gasteiger partial charge in [0.15, 0.2) is 0 Å². The van der Waals surface area contributed by atoms with Gasteiger partial charge in [0.2, 0.25) is 5.91 Å². The molecule has 0 aliphatic heterocycles. The van der Waals surface area contributed by atoms with Crippen molar-refractivity contribution in [2.45, 2.75) is 17.1 Å². The third-order valence-electron chi connectivity index (χ3n) is 3.59. The average molecular weight is 343 g/mol. The predicted octanol–water partition coefficient (Wildman–Crippen LogP) is 5.34. The number of benzene rings is 3. The Balaban J connectivity index is 1.69. The number of fused-ring (bicyclic) bond motifs is 1. The van der Waals surface area contributed by atoms with Crippen molar-refractivity contribution < 1.29 is 13.6 Å². The van der Waals surface area contributed by atoms with Gasteiger partial charge in [0.05, 0.1) is 6.42 Å². The van der Waals surface area contributed by atoms with E-state index in [9.17, 15) is 13.6 Å². The standard InChI is InChI=1S/C19H15F2NOS/c20-19(21)24-16-10-8-15(9-11-16)22-18(23)12-14-6-3-5-13-4-1-2-7-17(13)14/h1-11,19H,12H2,(H,22,23). The number of thioether (sulfide) groups is 1. The van der Waals surface area contributed by atoms with Gasteiger partial charge in [-0.1, -0.05) is 54.2 Å². The van der Waals surface area contributed by atoms with E-state index in [0.29, 0.717) is 22.3 Å². The van der Waals surface area contributed by atoms with Crippen molar-refractivity contribution in [1.82, 2.24) is 0 Å². The van der Waals surface area contributed by atoms with Gasteiger partial charge >= 0.3 is 0 Å². The van der Waals surface area contributed by atoms with Gasteiger partial charge in [0.1, 0.15) is 0 Å². The van der Waals surface area contributed by atoms with Crippen LogP contribution >= 0.6 is 11.8 Å². The van der Waals surface area contributed by atoms with Crippen LogP contribution in [-0.4, -0.2) is 11.7 Å². The van der Waals surface area contributed by atoms with Crippen molar-refractivity contribution in [3.05, 3.63) is 72.3 Å². The maximum Gasteiger partial charge on any atom is 0.288 e. The van der Waals surface area contributed by atoms with Gasteiger partial charge < -0.3 is 5.32 Å². The fraction of sp³-hybridized carbons (Fsp3) is 0.105. The van der Waals surface area contributed by atoms with Crippen LogP contribution in [-0.2, 0) is 11.2 Å². The molecular formula is C19H15F2NOS. The van der Waals surface area contributed by atoms with Crippen LogP contribution < -0.4 is 5.32 Å². The Bertz CT molecular complexity index is 844. The number of anilines is 1. The maximum atomic E-state index is 12.3. The first-order valence-electron chi connectivity index (χ1n) is 7.43. The van der Waals surface area contributed by atoms with Crippen molar-refractivity contribution in [2.75, 3.05) is 5.32 Å². The van der Waals surface area contributed by atoms with E-state index in [2.05, 4.69) is 5.32 Å². The van der Waals surface area contributed by atoms with Crippen LogP contribution in [0.15, 0.2) is 71.6 Å². The first-order valence-corrected chi connectivity index (χ1v) is 8.31. The minimum absolute atomic E-state index is 0.138. The summed E-state index contributed by atoms with van der Waals surface area (Å²) in [6, 6.07) is 20.2. The van der Waals surface area contributed by atoms with Gasteiger partial charge in [-0.15, -0.1) is 0 Å². The lowest BCUT2D eigenvalue weighted by Crippen LogP contribution is -2.14. The van der Waals surface area contributed by atoms with Crippen molar-refractivity contribution in [3.8, 4) is 0 Å². The summed E-state index contributed by atoms with van der Waals surface area (Å²) < 4.78 is 24.6. The van der Waals surface area contributed by atoms with Gasteiger partial charge in [0, 0.05) is 10.6 Å². The Hall–Kier alpha value is -2.40. The molecule has 0 saturated heterocycles. The fourth-order valence-electron chi connectivity index (χ4n) is 2.54. The second kappa shape index (κ2) is 7.45. The molecule has 1 N–H and O–H groups in total. The van der Waals surface area contributed by atoms with Crippen LogP contribution in [0.2, 0.25) is 0 Å². The Morgan fingerprint density at radius 3 is 2.42 bits per heavy atom. The molecule has 0 unspecified atom stereocenters. The van der Waals surface area contributed by atoms with Gasteiger partial charge in [-0.3, -0.25) is 4.79 Å². The highest BCUT2D eigenvalue weighted by Gasteiger charge is 2.08. The van der Waals surface area contributed by atoms with Crippen LogP contribution in [0.3, 0.4) is 0 Å². The molecular weight excluding hydrogens is 328 g/mol. The van der Waals surface area contributed by atoms with Gasteiger partial charge in [-0.25, -0.2) is 0 Å². The summed E-state index contributed by atoms with van der Waals surface area (Å²) in [6.07, 6.45) is 0.259. The lowest BCUT2D eigenvalue weighted by molar-refractivity contribution is -0.115. The summed E-state index contributed by atoms with van der Waals surface area (Å²) in [4.78, 5) is 12.7. The van der Waals surface area contributed by atoms with Gasteiger partial charge in [-0.05, 0) is 40.6 Å². The molecule has 5 heteroatoms. The van der Waals surface area contributed by atoms with E-state index in [1.165, 1.54) is 0 Å². The Morgan fingerprint density at radius 1 is 0.958 bits per heavy atom. The van der Waals surface area contributed by atoms with Gasteiger partial charge in [-0.2, -0.15) is 8.78 Å². The zero-order valence-corrected chi connectivity index (χ0v) is 13.5. The largest absolute Gasteiger partial charge is 0.326 e. The molecule has 3 aromatic carbocycles. The lowest BCUT2D eigenvalue weighted by Gasteiger charge is -2.08. The molecule has 3 rings (SSSR count). The number of hydrogen-bond donors (Lipinski definition) is 1. The SMILES string of the molecule is O=C(Cc1cccc2ccccc12)Nc1ccc(SC(F)F)cc1. The highest BCUT2D eigenvalue weighted by atomic mass is 32.2. The minimum atomic E-state index is -2.45. The molecule has 0 aliphatic carbocycles. The molecule has 0 heterocycles. The van der Waals surface area contributed by atoms with E-state index < -0.39 is 5.76 Å². The molecule has 24 heavy (non-hydrogen) atoms. The highest BCUT2D eigenvalue weighted by Crippen LogP contribution is 2.26. The van der Waals surface area contributed by atoms with E-state index in [1.54, 1.807) is 24.3 Å². The predicted molar refractivity (Wildman–Crippen MR) is 94.6 cm³/mol. The topological polar surface area (TPSA) is 29.1 Å². The van der Waals surface area contributed by atoms with Crippen molar-refractivity contribution >= 4 is 34.1 Å². The molecule has 2 nitrogen and oxygen atoms in total. The number of rotatable bonds is 5. The summed E-state index contributed by atoms with van der Waals surface area (Å²) in [6.45, 7) is 0. The number of carbonyl (C=O) groups excluding carboxylic acids is 1. The fourth-order valence-corrected chi connectivity index (χ4v) is 3.04. The lowest BCUT2D eigenvalue weighted by atomic mass is 10.0. The van der Waals surface area contributed by atoms with Gasteiger partial charge in [0.25, 0.3) is 5.76 Å². The average Bonchev–Trinajstić information content (AvgIpc) is 2.56. The minimum Gasteiger partial charge on any atom is -0.326 e. The third kappa shape index (κ3) is 4.11. The molecule has 0 aromatic heterocycles. The number of halogens is 2. The zero-order chi connectivity index (χ0) is 16.9. The molecule has 0 bridgehead atoms. The smallest absolute Gasteiger partial charge is 0.288 e. The first kappa shape index (κ1) is 16.5. The molecule has 122 valence electrons. The molecule has 1 amide bonds. The Kier molecular flexibility index (Phi) is 5.11. The first-order chi connectivity index (χ1) is 11.6. The van der Waals surface area contributed by atoms with E-state index in [1.807, 2.05) is 42.5 Å². The number of alkyl halides is 2. The summed E-state index contributed by atoms with van der Waals surface area (Å²) in [7, 11) is 0. The third-order valence-corrected chi connectivity index (χ3v) is 4.32. The summed E-state index contributed by atoms with van der Waals surface area (Å²) >= 11 is 0.484. The second-order valence-electron chi connectivity index (χ2n) is 5.27. The van der Waals surface area contributed by atoms with E-state index >= 15 is 0 Å². The molecule has 3 aromatic rings. The Morgan fingerprint density at radius 2 is 1.67 bits per heavy atom. The van der Waals surface area contributed by atoms with Crippen LogP contribution in [0.1, 0.15) is 5.56 Å².